The number of methoxy groups -OCH3 is 1. The standard InChI is InChI=1S/C16H12ClN5O4/c1-25-11-2-7(10(17)3-12(11)26-6-13(20)23)14-8(4-18)15(21)22-16(24)9(14)5-19/h2-3H,6H2,1H3,(H2,20,23)(H3,21,22,24). The molecule has 1 aromatic heterocycles. The Kier molecular flexibility index (Phi) is 5.36. The molecule has 26 heavy (non-hydrogen) atoms. The number of halogens is 1. The minimum atomic E-state index is -0.761. The number of nitriles is 2. The lowest BCUT2D eigenvalue weighted by molar-refractivity contribution is -0.119. The summed E-state index contributed by atoms with van der Waals surface area (Å²) in [5, 5.41) is 18.7. The zero-order chi connectivity index (χ0) is 19.4. The molecule has 0 saturated heterocycles. The maximum Gasteiger partial charge on any atom is 0.268 e. The van der Waals surface area contributed by atoms with E-state index in [1.54, 1.807) is 6.07 Å². The first kappa shape index (κ1) is 18.6. The van der Waals surface area contributed by atoms with Crippen LogP contribution in [0.1, 0.15) is 11.1 Å². The van der Waals surface area contributed by atoms with Gasteiger partial charge in [0.25, 0.3) is 11.5 Å². The molecule has 0 radical (unpaired) electrons. The number of rotatable bonds is 5. The van der Waals surface area contributed by atoms with E-state index in [-0.39, 0.29) is 44.6 Å². The van der Waals surface area contributed by atoms with Gasteiger partial charge in [0, 0.05) is 17.2 Å². The van der Waals surface area contributed by atoms with E-state index in [1.165, 1.54) is 19.2 Å². The molecule has 1 aromatic carbocycles. The van der Waals surface area contributed by atoms with Crippen molar-refractivity contribution in [3.63, 3.8) is 0 Å². The predicted octanol–water partition coefficient (Wildman–Crippen LogP) is 0.894. The van der Waals surface area contributed by atoms with Gasteiger partial charge in [-0.05, 0) is 6.07 Å². The number of anilines is 1. The number of H-pyrrole nitrogens is 1. The van der Waals surface area contributed by atoms with Crippen LogP contribution in [0.5, 0.6) is 11.5 Å². The first-order chi connectivity index (χ1) is 12.3. The summed E-state index contributed by atoms with van der Waals surface area (Å²) in [5.41, 5.74) is 9.66. The topological polar surface area (TPSA) is 168 Å². The van der Waals surface area contributed by atoms with Crippen LogP contribution in [0.15, 0.2) is 16.9 Å². The van der Waals surface area contributed by atoms with Gasteiger partial charge < -0.3 is 25.9 Å². The van der Waals surface area contributed by atoms with Crippen LogP contribution in [-0.4, -0.2) is 24.6 Å². The van der Waals surface area contributed by atoms with Crippen molar-refractivity contribution in [2.45, 2.75) is 0 Å². The second-order valence-corrected chi connectivity index (χ2v) is 5.36. The summed E-state index contributed by atoms with van der Waals surface area (Å²) in [4.78, 5) is 25.2. The van der Waals surface area contributed by atoms with Crippen LogP contribution in [-0.2, 0) is 4.79 Å². The number of nitrogens with zero attached hydrogens (tertiary/aromatic N) is 2. The number of ether oxygens (including phenoxy) is 2. The highest BCUT2D eigenvalue weighted by Gasteiger charge is 2.22. The average Bonchev–Trinajstić information content (AvgIpc) is 2.59. The zero-order valence-corrected chi connectivity index (χ0v) is 14.2. The SMILES string of the molecule is COc1cc(-c2c(C#N)c(N)[nH]c(=O)c2C#N)c(Cl)cc1OCC(N)=O. The summed E-state index contributed by atoms with van der Waals surface area (Å²) in [6, 6.07) is 6.27. The summed E-state index contributed by atoms with van der Waals surface area (Å²) in [6.07, 6.45) is 0. The molecule has 2 rings (SSSR count). The minimum Gasteiger partial charge on any atom is -0.493 e. The molecule has 0 fully saturated rings. The molecule has 0 aliphatic heterocycles. The summed E-state index contributed by atoms with van der Waals surface area (Å²) in [5.74, 6) is -0.629. The Morgan fingerprint density at radius 3 is 2.46 bits per heavy atom. The number of benzene rings is 1. The normalized spacial score (nSPS) is 9.85. The second-order valence-electron chi connectivity index (χ2n) is 4.95. The number of pyridine rings is 1. The largest absolute Gasteiger partial charge is 0.493 e. The van der Waals surface area contributed by atoms with E-state index in [2.05, 4.69) is 4.98 Å². The number of hydrogen-bond donors (Lipinski definition) is 3. The van der Waals surface area contributed by atoms with Crippen molar-refractivity contribution < 1.29 is 14.3 Å². The lowest BCUT2D eigenvalue weighted by atomic mass is 9.96. The Labute approximate surface area is 152 Å². The Morgan fingerprint density at radius 1 is 1.27 bits per heavy atom. The monoisotopic (exact) mass is 373 g/mol. The van der Waals surface area contributed by atoms with Gasteiger partial charge in [0.05, 0.1) is 12.1 Å². The van der Waals surface area contributed by atoms with E-state index < -0.39 is 18.1 Å². The molecule has 9 nitrogen and oxygen atoms in total. The number of nitrogen functional groups attached to an aromatic ring is 1. The fourth-order valence-corrected chi connectivity index (χ4v) is 2.51. The number of aromatic amines is 1. The fourth-order valence-electron chi connectivity index (χ4n) is 2.26. The van der Waals surface area contributed by atoms with Crippen LogP contribution in [0, 0.1) is 22.7 Å². The first-order valence-corrected chi connectivity index (χ1v) is 7.36. The number of nitrogens with one attached hydrogen (secondary N) is 1. The summed E-state index contributed by atoms with van der Waals surface area (Å²) < 4.78 is 10.4. The smallest absolute Gasteiger partial charge is 0.268 e. The number of aromatic nitrogens is 1. The van der Waals surface area contributed by atoms with Crippen LogP contribution in [0.25, 0.3) is 11.1 Å². The van der Waals surface area contributed by atoms with Gasteiger partial charge in [-0.25, -0.2) is 0 Å². The number of carbonyl (C=O) groups is 1. The molecule has 5 N–H and O–H groups in total. The third kappa shape index (κ3) is 3.38. The van der Waals surface area contributed by atoms with Crippen molar-refractivity contribution in [2.24, 2.45) is 5.73 Å². The third-order valence-electron chi connectivity index (χ3n) is 3.36. The van der Waals surface area contributed by atoms with Gasteiger partial charge >= 0.3 is 0 Å². The number of carbonyl (C=O) groups excluding carboxylic acids is 1. The van der Waals surface area contributed by atoms with Crippen molar-refractivity contribution >= 4 is 23.3 Å². The van der Waals surface area contributed by atoms with Crippen molar-refractivity contribution in [3.05, 3.63) is 38.6 Å². The van der Waals surface area contributed by atoms with Gasteiger partial charge in [0.2, 0.25) is 0 Å². The Bertz CT molecular complexity index is 1030. The van der Waals surface area contributed by atoms with Crippen LogP contribution in [0.2, 0.25) is 5.02 Å². The highest BCUT2D eigenvalue weighted by atomic mass is 35.5. The highest BCUT2D eigenvalue weighted by molar-refractivity contribution is 6.33. The quantitative estimate of drug-likeness (QED) is 0.698. The van der Waals surface area contributed by atoms with Crippen LogP contribution < -0.4 is 26.5 Å². The molecular formula is C16H12ClN5O4. The molecule has 1 amide bonds. The van der Waals surface area contributed by atoms with Crippen molar-refractivity contribution in [1.29, 1.82) is 10.5 Å². The maximum absolute atomic E-state index is 12.0. The molecule has 0 atom stereocenters. The molecule has 10 heteroatoms. The molecule has 1 heterocycles. The van der Waals surface area contributed by atoms with Gasteiger partial charge in [0.15, 0.2) is 18.1 Å². The van der Waals surface area contributed by atoms with Gasteiger partial charge in [-0.2, -0.15) is 10.5 Å². The number of nitrogens with two attached hydrogens (primary N) is 2. The van der Waals surface area contributed by atoms with E-state index in [4.69, 9.17) is 32.5 Å². The first-order valence-electron chi connectivity index (χ1n) is 6.99. The Morgan fingerprint density at radius 2 is 1.92 bits per heavy atom. The fraction of sp³-hybridized carbons (Fsp3) is 0.125. The molecule has 2 aromatic rings. The number of amides is 1. The molecule has 0 bridgehead atoms. The average molecular weight is 374 g/mol. The van der Waals surface area contributed by atoms with Crippen molar-refractivity contribution in [2.75, 3.05) is 19.5 Å². The molecular weight excluding hydrogens is 362 g/mol. The van der Waals surface area contributed by atoms with Crippen LogP contribution in [0.4, 0.5) is 5.82 Å². The van der Waals surface area contributed by atoms with Gasteiger partial charge in [-0.3, -0.25) is 9.59 Å². The molecule has 0 aliphatic carbocycles. The van der Waals surface area contributed by atoms with Gasteiger partial charge in [0.1, 0.15) is 29.1 Å². The van der Waals surface area contributed by atoms with E-state index in [1.807, 2.05) is 6.07 Å². The second kappa shape index (κ2) is 7.47. The van der Waals surface area contributed by atoms with Gasteiger partial charge in [-0.15, -0.1) is 0 Å². The summed E-state index contributed by atoms with van der Waals surface area (Å²) in [6.45, 7) is -0.406. The van der Waals surface area contributed by atoms with Crippen LogP contribution >= 0.6 is 11.6 Å². The molecule has 0 aliphatic rings. The van der Waals surface area contributed by atoms with E-state index in [9.17, 15) is 20.1 Å². The number of primary amides is 1. The number of hydrogen-bond acceptors (Lipinski definition) is 7. The molecule has 0 saturated carbocycles. The molecule has 0 spiro atoms. The third-order valence-corrected chi connectivity index (χ3v) is 3.67. The Hall–Kier alpha value is -3.69. The lowest BCUT2D eigenvalue weighted by Crippen LogP contribution is -2.20. The van der Waals surface area contributed by atoms with E-state index in [0.29, 0.717) is 0 Å². The summed E-state index contributed by atoms with van der Waals surface area (Å²) >= 11 is 6.25. The predicted molar refractivity (Wildman–Crippen MR) is 92.6 cm³/mol. The zero-order valence-electron chi connectivity index (χ0n) is 13.4. The van der Waals surface area contributed by atoms with E-state index >= 15 is 0 Å². The molecule has 132 valence electrons. The lowest BCUT2D eigenvalue weighted by Gasteiger charge is -2.15. The Balaban J connectivity index is 2.79. The van der Waals surface area contributed by atoms with E-state index in [0.717, 1.165) is 0 Å². The van der Waals surface area contributed by atoms with Gasteiger partial charge in [-0.1, -0.05) is 11.6 Å². The van der Waals surface area contributed by atoms with Crippen molar-refractivity contribution in [1.82, 2.24) is 4.98 Å². The highest BCUT2D eigenvalue weighted by Crippen LogP contribution is 2.40. The summed E-state index contributed by atoms with van der Waals surface area (Å²) in [7, 11) is 1.34. The van der Waals surface area contributed by atoms with Crippen molar-refractivity contribution in [3.8, 4) is 34.8 Å². The maximum atomic E-state index is 12.0. The molecule has 0 unspecified atom stereocenters. The van der Waals surface area contributed by atoms with Crippen LogP contribution in [0.3, 0.4) is 0 Å². The minimum absolute atomic E-state index is 0.0269.